The third-order valence-corrected chi connectivity index (χ3v) is 6.40. The highest BCUT2D eigenvalue weighted by atomic mass is 32.1. The minimum atomic E-state index is -0.228. The van der Waals surface area contributed by atoms with Gasteiger partial charge in [0.15, 0.2) is 0 Å². The average Bonchev–Trinajstić information content (AvgIpc) is 3.34. The molecule has 3 aromatic carbocycles. The van der Waals surface area contributed by atoms with E-state index in [1.807, 2.05) is 84.9 Å². The predicted octanol–water partition coefficient (Wildman–Crippen LogP) is 5.80. The van der Waals surface area contributed by atoms with Gasteiger partial charge in [-0.05, 0) is 36.2 Å². The Labute approximate surface area is 201 Å². The first-order valence-corrected chi connectivity index (χ1v) is 11.7. The van der Waals surface area contributed by atoms with Crippen LogP contribution < -0.4 is 10.1 Å². The van der Waals surface area contributed by atoms with Crippen molar-refractivity contribution in [1.29, 1.82) is 0 Å². The maximum Gasteiger partial charge on any atom is 0.258 e. The number of methoxy groups -OCH3 is 1. The molecule has 5 aromatic rings. The smallest absolute Gasteiger partial charge is 0.258 e. The summed E-state index contributed by atoms with van der Waals surface area (Å²) in [4.78, 5) is 18.0. The van der Waals surface area contributed by atoms with Crippen molar-refractivity contribution in [3.8, 4) is 17.0 Å². The highest BCUT2D eigenvalue weighted by Crippen LogP contribution is 2.26. The SMILES string of the molecule is COc1ccc(CCc2nnc(NC(=O)c3cc(-c4ccccc4)nc4ccccc34)s2)cc1. The van der Waals surface area contributed by atoms with Gasteiger partial charge in [0.05, 0.1) is 23.9 Å². The van der Waals surface area contributed by atoms with E-state index in [4.69, 9.17) is 9.72 Å². The van der Waals surface area contributed by atoms with Gasteiger partial charge < -0.3 is 4.74 Å². The number of para-hydroxylation sites is 1. The third-order valence-electron chi connectivity index (χ3n) is 5.50. The summed E-state index contributed by atoms with van der Waals surface area (Å²) in [5.41, 5.74) is 4.23. The van der Waals surface area contributed by atoms with Gasteiger partial charge in [-0.3, -0.25) is 10.1 Å². The fraction of sp³-hybridized carbons (Fsp3) is 0.111. The number of rotatable bonds is 7. The summed E-state index contributed by atoms with van der Waals surface area (Å²) in [6.07, 6.45) is 1.58. The summed E-state index contributed by atoms with van der Waals surface area (Å²) < 4.78 is 5.20. The number of pyridine rings is 1. The van der Waals surface area contributed by atoms with Crippen LogP contribution in [-0.2, 0) is 12.8 Å². The first-order valence-electron chi connectivity index (χ1n) is 10.9. The zero-order valence-corrected chi connectivity index (χ0v) is 19.4. The van der Waals surface area contributed by atoms with Crippen molar-refractivity contribution in [3.05, 3.63) is 101 Å². The number of hydrogen-bond acceptors (Lipinski definition) is 6. The molecular weight excluding hydrogens is 444 g/mol. The molecule has 168 valence electrons. The highest BCUT2D eigenvalue weighted by molar-refractivity contribution is 7.15. The Balaban J connectivity index is 1.34. The molecule has 0 aliphatic rings. The average molecular weight is 467 g/mol. The van der Waals surface area contributed by atoms with Crippen LogP contribution in [0.25, 0.3) is 22.2 Å². The van der Waals surface area contributed by atoms with Gasteiger partial charge in [0.2, 0.25) is 5.13 Å². The van der Waals surface area contributed by atoms with Crippen LogP contribution in [0.5, 0.6) is 5.75 Å². The molecule has 1 N–H and O–H groups in total. The van der Waals surface area contributed by atoms with Crippen molar-refractivity contribution in [3.63, 3.8) is 0 Å². The maximum atomic E-state index is 13.2. The largest absolute Gasteiger partial charge is 0.497 e. The fourth-order valence-corrected chi connectivity index (χ4v) is 4.47. The van der Waals surface area contributed by atoms with Crippen molar-refractivity contribution in [1.82, 2.24) is 15.2 Å². The molecule has 0 spiro atoms. The zero-order chi connectivity index (χ0) is 23.3. The van der Waals surface area contributed by atoms with E-state index in [0.29, 0.717) is 10.7 Å². The molecule has 7 heteroatoms. The number of aryl methyl sites for hydroxylation is 2. The number of hydrogen-bond donors (Lipinski definition) is 1. The van der Waals surface area contributed by atoms with Crippen LogP contribution in [0.4, 0.5) is 5.13 Å². The molecule has 34 heavy (non-hydrogen) atoms. The van der Waals surface area contributed by atoms with Crippen LogP contribution in [0.3, 0.4) is 0 Å². The molecule has 2 heterocycles. The number of anilines is 1. The number of ether oxygens (including phenoxy) is 1. The summed E-state index contributed by atoms with van der Waals surface area (Å²) in [5.74, 6) is 0.609. The molecule has 1 amide bonds. The molecule has 0 bridgehead atoms. The lowest BCUT2D eigenvalue weighted by atomic mass is 10.0. The monoisotopic (exact) mass is 466 g/mol. The van der Waals surface area contributed by atoms with E-state index >= 15 is 0 Å². The Kier molecular flexibility index (Phi) is 6.27. The summed E-state index contributed by atoms with van der Waals surface area (Å²) in [6.45, 7) is 0. The minimum Gasteiger partial charge on any atom is -0.497 e. The molecule has 0 saturated carbocycles. The van der Waals surface area contributed by atoms with Crippen molar-refractivity contribution < 1.29 is 9.53 Å². The van der Waals surface area contributed by atoms with Crippen molar-refractivity contribution in [2.45, 2.75) is 12.8 Å². The molecule has 6 nitrogen and oxygen atoms in total. The predicted molar refractivity (Wildman–Crippen MR) is 135 cm³/mol. The number of carbonyl (C=O) groups is 1. The van der Waals surface area contributed by atoms with Gasteiger partial charge in [-0.25, -0.2) is 4.98 Å². The molecule has 0 aliphatic carbocycles. The van der Waals surface area contributed by atoms with E-state index < -0.39 is 0 Å². The van der Waals surface area contributed by atoms with Gasteiger partial charge in [0, 0.05) is 17.4 Å². The van der Waals surface area contributed by atoms with Gasteiger partial charge in [0.25, 0.3) is 5.91 Å². The van der Waals surface area contributed by atoms with Gasteiger partial charge in [-0.1, -0.05) is 72.0 Å². The zero-order valence-electron chi connectivity index (χ0n) is 18.6. The molecule has 0 atom stereocenters. The van der Waals surface area contributed by atoms with E-state index in [0.717, 1.165) is 45.8 Å². The standard InChI is InChI=1S/C27H22N4O2S/c1-33-20-14-11-18(12-15-20)13-16-25-30-31-27(34-25)29-26(32)22-17-24(19-7-3-2-4-8-19)28-23-10-6-5-9-21(22)23/h2-12,14-15,17H,13,16H2,1H3,(H,29,31,32). The number of carbonyl (C=O) groups excluding carboxylic acids is 1. The van der Waals surface area contributed by atoms with Crippen molar-refractivity contribution in [2.24, 2.45) is 0 Å². The molecule has 0 fully saturated rings. The lowest BCUT2D eigenvalue weighted by molar-refractivity contribution is 0.102. The van der Waals surface area contributed by atoms with E-state index in [1.54, 1.807) is 7.11 Å². The summed E-state index contributed by atoms with van der Waals surface area (Å²) in [7, 11) is 1.66. The van der Waals surface area contributed by atoms with Crippen LogP contribution in [0.1, 0.15) is 20.9 Å². The van der Waals surface area contributed by atoms with Crippen LogP contribution in [-0.4, -0.2) is 28.2 Å². The number of fused-ring (bicyclic) bond motifs is 1. The topological polar surface area (TPSA) is 77.0 Å². The maximum absolute atomic E-state index is 13.2. The first kappa shape index (κ1) is 21.7. The van der Waals surface area contributed by atoms with Gasteiger partial charge >= 0.3 is 0 Å². The van der Waals surface area contributed by atoms with Gasteiger partial charge in [-0.15, -0.1) is 10.2 Å². The number of aromatic nitrogens is 3. The van der Waals surface area contributed by atoms with E-state index in [1.165, 1.54) is 16.9 Å². The second-order valence-electron chi connectivity index (χ2n) is 7.74. The second-order valence-corrected chi connectivity index (χ2v) is 8.80. The van der Waals surface area contributed by atoms with E-state index in [-0.39, 0.29) is 5.91 Å². The van der Waals surface area contributed by atoms with E-state index in [2.05, 4.69) is 15.5 Å². The molecule has 0 unspecified atom stereocenters. The highest BCUT2D eigenvalue weighted by Gasteiger charge is 2.16. The fourth-order valence-electron chi connectivity index (χ4n) is 3.73. The van der Waals surface area contributed by atoms with Crippen LogP contribution in [0, 0.1) is 0 Å². The molecule has 5 rings (SSSR count). The lowest BCUT2D eigenvalue weighted by Crippen LogP contribution is -2.13. The van der Waals surface area contributed by atoms with Crippen molar-refractivity contribution in [2.75, 3.05) is 12.4 Å². The lowest BCUT2D eigenvalue weighted by Gasteiger charge is -2.09. The number of nitrogens with one attached hydrogen (secondary N) is 1. The van der Waals surface area contributed by atoms with Crippen LogP contribution in [0.15, 0.2) is 84.9 Å². The number of benzene rings is 3. The normalized spacial score (nSPS) is 10.9. The van der Waals surface area contributed by atoms with Gasteiger partial charge in [0.1, 0.15) is 10.8 Å². The Morgan fingerprint density at radius 2 is 1.68 bits per heavy atom. The Morgan fingerprint density at radius 3 is 2.47 bits per heavy atom. The van der Waals surface area contributed by atoms with Gasteiger partial charge in [-0.2, -0.15) is 0 Å². The van der Waals surface area contributed by atoms with E-state index in [9.17, 15) is 4.79 Å². The Morgan fingerprint density at radius 1 is 0.912 bits per heavy atom. The molecule has 0 saturated heterocycles. The van der Waals surface area contributed by atoms with Crippen LogP contribution in [0.2, 0.25) is 0 Å². The first-order chi connectivity index (χ1) is 16.7. The second kappa shape index (κ2) is 9.80. The van der Waals surface area contributed by atoms with Crippen molar-refractivity contribution >= 4 is 33.3 Å². The molecular formula is C27H22N4O2S. The molecule has 0 aliphatic heterocycles. The Hall–Kier alpha value is -4.10. The molecule has 2 aromatic heterocycles. The Bertz CT molecular complexity index is 1430. The number of nitrogens with zero attached hydrogens (tertiary/aromatic N) is 3. The van der Waals surface area contributed by atoms with Crippen LogP contribution >= 0.6 is 11.3 Å². The summed E-state index contributed by atoms with van der Waals surface area (Å²) in [6, 6.07) is 27.3. The quantitative estimate of drug-likeness (QED) is 0.328. The summed E-state index contributed by atoms with van der Waals surface area (Å²) >= 11 is 1.39. The minimum absolute atomic E-state index is 0.228. The number of amides is 1. The third kappa shape index (κ3) is 4.79. The molecule has 0 radical (unpaired) electrons. The summed E-state index contributed by atoms with van der Waals surface area (Å²) in [5, 5.41) is 13.5.